The minimum Gasteiger partial charge on any atom is -0.457 e. The van der Waals surface area contributed by atoms with Crippen molar-refractivity contribution < 1.29 is 48.0 Å². The molecule has 0 amide bonds. The van der Waals surface area contributed by atoms with E-state index < -0.39 is 54.0 Å². The standard InChI is InChI=1S/C18H19NO11/c1-10(20)28-12-5-3-2-4-11(12)18(22)30-14-9-26-16-13(8-25-17(14)16)29-15(21)6-7-27-19(23)24/h2-5,13-14,16-17H,6-9H2,1H3/t13-,14+,16-,17-/m1/s1. The summed E-state index contributed by atoms with van der Waals surface area (Å²) in [6, 6.07) is 6.14. The minimum absolute atomic E-state index is 0.0231. The van der Waals surface area contributed by atoms with Gasteiger partial charge in [-0.15, -0.1) is 10.1 Å². The molecule has 1 aromatic carbocycles. The molecule has 12 nitrogen and oxygen atoms in total. The molecule has 4 atom stereocenters. The highest BCUT2D eigenvalue weighted by molar-refractivity contribution is 5.93. The van der Waals surface area contributed by atoms with E-state index in [-0.39, 0.29) is 30.9 Å². The summed E-state index contributed by atoms with van der Waals surface area (Å²) < 4.78 is 26.8. The van der Waals surface area contributed by atoms with Crippen LogP contribution >= 0.6 is 0 Å². The second-order valence-electron chi connectivity index (χ2n) is 6.46. The molecule has 2 aliphatic rings. The van der Waals surface area contributed by atoms with Gasteiger partial charge in [0, 0.05) is 6.92 Å². The Morgan fingerprint density at radius 3 is 2.37 bits per heavy atom. The first-order chi connectivity index (χ1) is 14.3. The van der Waals surface area contributed by atoms with E-state index in [0.717, 1.165) is 0 Å². The van der Waals surface area contributed by atoms with Gasteiger partial charge in [0.1, 0.15) is 30.1 Å². The van der Waals surface area contributed by atoms with Crippen LogP contribution in [0.2, 0.25) is 0 Å². The summed E-state index contributed by atoms with van der Waals surface area (Å²) in [6.45, 7) is 0.843. The Bertz CT molecular complexity index is 826. The first-order valence-corrected chi connectivity index (χ1v) is 9.03. The average Bonchev–Trinajstić information content (AvgIpc) is 3.25. The lowest BCUT2D eigenvalue weighted by atomic mass is 10.1. The van der Waals surface area contributed by atoms with E-state index in [2.05, 4.69) is 4.84 Å². The molecule has 2 heterocycles. The van der Waals surface area contributed by atoms with Gasteiger partial charge in [0.15, 0.2) is 12.2 Å². The molecule has 0 aromatic heterocycles. The van der Waals surface area contributed by atoms with Gasteiger partial charge in [-0.2, -0.15) is 0 Å². The number of esters is 3. The van der Waals surface area contributed by atoms with Crippen LogP contribution < -0.4 is 4.74 Å². The van der Waals surface area contributed by atoms with Gasteiger partial charge >= 0.3 is 17.9 Å². The molecule has 0 saturated carbocycles. The summed E-state index contributed by atoms with van der Waals surface area (Å²) in [5, 5.41) is 9.10. The summed E-state index contributed by atoms with van der Waals surface area (Å²) in [6.07, 6.45) is -3.10. The Kier molecular flexibility index (Phi) is 6.79. The Morgan fingerprint density at radius 1 is 1.10 bits per heavy atom. The fourth-order valence-corrected chi connectivity index (χ4v) is 3.14. The maximum Gasteiger partial charge on any atom is 0.342 e. The molecule has 2 fully saturated rings. The number of hydrogen-bond donors (Lipinski definition) is 0. The predicted molar refractivity (Wildman–Crippen MR) is 93.9 cm³/mol. The molecule has 0 radical (unpaired) electrons. The Morgan fingerprint density at radius 2 is 1.73 bits per heavy atom. The van der Waals surface area contributed by atoms with Crippen molar-refractivity contribution in [1.82, 2.24) is 0 Å². The maximum absolute atomic E-state index is 12.5. The van der Waals surface area contributed by atoms with Crippen molar-refractivity contribution in [3.8, 4) is 5.75 Å². The maximum atomic E-state index is 12.5. The summed E-state index contributed by atoms with van der Waals surface area (Å²) in [4.78, 5) is 49.7. The molecular formula is C18H19NO11. The molecule has 30 heavy (non-hydrogen) atoms. The Labute approximate surface area is 170 Å². The number of nitrogens with zero attached hydrogens (tertiary/aromatic N) is 1. The Balaban J connectivity index is 1.55. The third-order valence-electron chi connectivity index (χ3n) is 4.37. The molecule has 2 aliphatic heterocycles. The van der Waals surface area contributed by atoms with Crippen LogP contribution in [0.4, 0.5) is 0 Å². The topological polar surface area (TPSA) is 150 Å². The van der Waals surface area contributed by atoms with E-state index >= 15 is 0 Å². The lowest BCUT2D eigenvalue weighted by Crippen LogP contribution is -2.36. The number of carbonyl (C=O) groups is 3. The van der Waals surface area contributed by atoms with Crippen LogP contribution in [0.1, 0.15) is 23.7 Å². The first-order valence-electron chi connectivity index (χ1n) is 9.03. The van der Waals surface area contributed by atoms with Crippen LogP contribution in [0.3, 0.4) is 0 Å². The van der Waals surface area contributed by atoms with Crippen molar-refractivity contribution in [2.45, 2.75) is 37.8 Å². The number of fused-ring (bicyclic) bond motifs is 1. The van der Waals surface area contributed by atoms with E-state index in [1.165, 1.54) is 19.1 Å². The molecule has 3 rings (SSSR count). The van der Waals surface area contributed by atoms with E-state index in [0.29, 0.717) is 0 Å². The second-order valence-corrected chi connectivity index (χ2v) is 6.46. The SMILES string of the molecule is CC(=O)Oc1ccccc1C(=O)O[C@H]1CO[C@H]2[C@@H]1OC[C@H]2OC(=O)CCO[N+](=O)[O-]. The second kappa shape index (κ2) is 9.50. The number of para-hydroxylation sites is 1. The van der Waals surface area contributed by atoms with Crippen molar-refractivity contribution in [3.63, 3.8) is 0 Å². The quantitative estimate of drug-likeness (QED) is 0.247. The summed E-state index contributed by atoms with van der Waals surface area (Å²) in [5.41, 5.74) is 0.0721. The summed E-state index contributed by atoms with van der Waals surface area (Å²) in [7, 11) is 0. The highest BCUT2D eigenvalue weighted by atomic mass is 16.9. The van der Waals surface area contributed by atoms with Crippen LogP contribution in [0.5, 0.6) is 5.75 Å². The average molecular weight is 425 g/mol. The van der Waals surface area contributed by atoms with Crippen molar-refractivity contribution in [3.05, 3.63) is 39.9 Å². The smallest absolute Gasteiger partial charge is 0.342 e. The van der Waals surface area contributed by atoms with Crippen LogP contribution in [0.15, 0.2) is 24.3 Å². The zero-order valence-electron chi connectivity index (χ0n) is 15.9. The molecule has 0 spiro atoms. The summed E-state index contributed by atoms with van der Waals surface area (Å²) in [5.74, 6) is -1.93. The third-order valence-corrected chi connectivity index (χ3v) is 4.37. The first kappa shape index (κ1) is 21.5. The van der Waals surface area contributed by atoms with E-state index in [1.807, 2.05) is 0 Å². The normalized spacial score (nSPS) is 24.6. The number of rotatable bonds is 8. The van der Waals surface area contributed by atoms with E-state index in [9.17, 15) is 24.5 Å². The number of hydrogen-bond acceptors (Lipinski definition) is 11. The van der Waals surface area contributed by atoms with Crippen LogP contribution in [0.25, 0.3) is 0 Å². The zero-order chi connectivity index (χ0) is 21.7. The fraction of sp³-hybridized carbons (Fsp3) is 0.500. The fourth-order valence-electron chi connectivity index (χ4n) is 3.14. The van der Waals surface area contributed by atoms with Crippen molar-refractivity contribution >= 4 is 17.9 Å². The van der Waals surface area contributed by atoms with Gasteiger partial charge in [-0.3, -0.25) is 9.59 Å². The lowest BCUT2D eigenvalue weighted by Gasteiger charge is -2.18. The highest BCUT2D eigenvalue weighted by Gasteiger charge is 2.51. The number of ether oxygens (including phenoxy) is 5. The van der Waals surface area contributed by atoms with Gasteiger partial charge in [0.05, 0.1) is 19.6 Å². The van der Waals surface area contributed by atoms with Gasteiger partial charge in [-0.25, -0.2) is 4.79 Å². The monoisotopic (exact) mass is 425 g/mol. The van der Waals surface area contributed by atoms with Gasteiger partial charge in [0.25, 0.3) is 5.09 Å². The Hall–Kier alpha value is -3.25. The van der Waals surface area contributed by atoms with E-state index in [4.69, 9.17) is 23.7 Å². The van der Waals surface area contributed by atoms with Crippen LogP contribution in [-0.4, -0.2) is 67.2 Å². The van der Waals surface area contributed by atoms with E-state index in [1.54, 1.807) is 12.1 Å². The molecule has 12 heteroatoms. The van der Waals surface area contributed by atoms with Crippen molar-refractivity contribution in [2.24, 2.45) is 0 Å². The lowest BCUT2D eigenvalue weighted by molar-refractivity contribution is -0.757. The molecule has 1 aromatic rings. The molecule has 162 valence electrons. The molecule has 0 bridgehead atoms. The third kappa shape index (κ3) is 5.21. The molecule has 0 aliphatic carbocycles. The van der Waals surface area contributed by atoms with Crippen molar-refractivity contribution in [2.75, 3.05) is 19.8 Å². The molecule has 2 saturated heterocycles. The zero-order valence-corrected chi connectivity index (χ0v) is 15.9. The largest absolute Gasteiger partial charge is 0.457 e. The molecule has 0 unspecified atom stereocenters. The van der Waals surface area contributed by atoms with Crippen LogP contribution in [-0.2, 0) is 33.4 Å². The number of carbonyl (C=O) groups excluding carboxylic acids is 3. The van der Waals surface area contributed by atoms with Gasteiger partial charge < -0.3 is 28.5 Å². The van der Waals surface area contributed by atoms with Gasteiger partial charge in [-0.05, 0) is 12.1 Å². The van der Waals surface area contributed by atoms with Gasteiger partial charge in [0.2, 0.25) is 0 Å². The minimum atomic E-state index is -0.999. The number of benzene rings is 1. The molecule has 0 N–H and O–H groups in total. The molecular weight excluding hydrogens is 406 g/mol. The van der Waals surface area contributed by atoms with Crippen molar-refractivity contribution in [1.29, 1.82) is 0 Å². The predicted octanol–water partition coefficient (Wildman–Crippen LogP) is 0.445. The van der Waals surface area contributed by atoms with Gasteiger partial charge in [-0.1, -0.05) is 12.1 Å². The van der Waals surface area contributed by atoms with Crippen LogP contribution in [0, 0.1) is 10.1 Å². The highest BCUT2D eigenvalue weighted by Crippen LogP contribution is 2.32. The summed E-state index contributed by atoms with van der Waals surface area (Å²) >= 11 is 0.